The molecule has 0 saturated heterocycles. The second-order valence-corrected chi connectivity index (χ2v) is 6.01. The fourth-order valence-electron chi connectivity index (χ4n) is 2.59. The van der Waals surface area contributed by atoms with Crippen molar-refractivity contribution in [1.82, 2.24) is 14.7 Å². The zero-order chi connectivity index (χ0) is 18.5. The van der Waals surface area contributed by atoms with E-state index in [4.69, 9.17) is 0 Å². The van der Waals surface area contributed by atoms with E-state index >= 15 is 0 Å². The van der Waals surface area contributed by atoms with Crippen molar-refractivity contribution in [2.24, 2.45) is 7.05 Å². The molecule has 3 rings (SSSR count). The van der Waals surface area contributed by atoms with Gasteiger partial charge in [0.2, 0.25) is 0 Å². The summed E-state index contributed by atoms with van der Waals surface area (Å²) in [6, 6.07) is 20.2. The first-order chi connectivity index (χ1) is 12.5. The molecule has 0 fully saturated rings. The highest BCUT2D eigenvalue weighted by molar-refractivity contribution is 6.04. The van der Waals surface area contributed by atoms with Gasteiger partial charge in [0.1, 0.15) is 5.82 Å². The van der Waals surface area contributed by atoms with Gasteiger partial charge in [0, 0.05) is 32.3 Å². The molecule has 6 heteroatoms. The average molecular weight is 348 g/mol. The molecule has 0 spiro atoms. The quantitative estimate of drug-likeness (QED) is 0.771. The van der Waals surface area contributed by atoms with Crippen LogP contribution in [-0.2, 0) is 13.6 Å². The highest BCUT2D eigenvalue weighted by Gasteiger charge is 2.18. The molecule has 1 heterocycles. The standard InChI is InChI=1S/C20H20N4O2/c1-23(14-15-9-5-3-6-10-15)20(26)17-13-18(24(2)22-17)21-19(25)16-11-7-4-8-12-16/h3-13H,14H2,1-2H3,(H,21,25). The summed E-state index contributed by atoms with van der Waals surface area (Å²) in [6.45, 7) is 0.488. The zero-order valence-corrected chi connectivity index (χ0v) is 14.7. The Morgan fingerprint density at radius 3 is 2.31 bits per heavy atom. The molecule has 1 aromatic heterocycles. The molecule has 0 saturated carbocycles. The van der Waals surface area contributed by atoms with Gasteiger partial charge in [-0.2, -0.15) is 5.10 Å². The number of benzene rings is 2. The Kier molecular flexibility index (Phi) is 5.12. The van der Waals surface area contributed by atoms with Gasteiger partial charge in [0.25, 0.3) is 11.8 Å². The SMILES string of the molecule is CN(Cc1ccccc1)C(=O)c1cc(NC(=O)c2ccccc2)n(C)n1. The number of nitrogens with one attached hydrogen (secondary N) is 1. The van der Waals surface area contributed by atoms with Crippen LogP contribution in [0.25, 0.3) is 0 Å². The van der Waals surface area contributed by atoms with E-state index in [1.54, 1.807) is 49.3 Å². The lowest BCUT2D eigenvalue weighted by molar-refractivity contribution is 0.0778. The van der Waals surface area contributed by atoms with Crippen molar-refractivity contribution in [3.63, 3.8) is 0 Å². The van der Waals surface area contributed by atoms with Crippen LogP contribution in [0.15, 0.2) is 66.7 Å². The molecule has 0 radical (unpaired) electrons. The fraction of sp³-hybridized carbons (Fsp3) is 0.150. The van der Waals surface area contributed by atoms with Crippen molar-refractivity contribution in [3.05, 3.63) is 83.6 Å². The Labute approximate surface area is 152 Å². The van der Waals surface area contributed by atoms with E-state index in [0.29, 0.717) is 17.9 Å². The largest absolute Gasteiger partial charge is 0.336 e. The average Bonchev–Trinajstić information content (AvgIpc) is 3.03. The number of amides is 2. The van der Waals surface area contributed by atoms with Crippen LogP contribution in [0.3, 0.4) is 0 Å². The van der Waals surface area contributed by atoms with Gasteiger partial charge in [-0.05, 0) is 17.7 Å². The van der Waals surface area contributed by atoms with Crippen LogP contribution >= 0.6 is 0 Å². The number of nitrogens with zero attached hydrogens (tertiary/aromatic N) is 3. The van der Waals surface area contributed by atoms with Gasteiger partial charge in [0.05, 0.1) is 0 Å². The Bertz CT molecular complexity index is 904. The van der Waals surface area contributed by atoms with Crippen LogP contribution in [0.4, 0.5) is 5.82 Å². The molecule has 6 nitrogen and oxygen atoms in total. The van der Waals surface area contributed by atoms with E-state index < -0.39 is 0 Å². The number of hydrogen-bond donors (Lipinski definition) is 1. The van der Waals surface area contributed by atoms with Crippen molar-refractivity contribution in [2.75, 3.05) is 12.4 Å². The molecule has 3 aromatic rings. The zero-order valence-electron chi connectivity index (χ0n) is 14.7. The molecule has 1 N–H and O–H groups in total. The number of rotatable bonds is 5. The number of anilines is 1. The fourth-order valence-corrected chi connectivity index (χ4v) is 2.59. The van der Waals surface area contributed by atoms with Crippen molar-refractivity contribution >= 4 is 17.6 Å². The van der Waals surface area contributed by atoms with Crippen LogP contribution in [0.5, 0.6) is 0 Å². The third-order valence-electron chi connectivity index (χ3n) is 3.99. The highest BCUT2D eigenvalue weighted by Crippen LogP contribution is 2.14. The summed E-state index contributed by atoms with van der Waals surface area (Å²) >= 11 is 0. The van der Waals surface area contributed by atoms with Crippen LogP contribution in [0, 0.1) is 0 Å². The molecular formula is C20H20N4O2. The summed E-state index contributed by atoms with van der Waals surface area (Å²) in [4.78, 5) is 26.5. The molecule has 0 aliphatic carbocycles. The second kappa shape index (κ2) is 7.65. The minimum Gasteiger partial charge on any atom is -0.336 e. The molecule has 2 aromatic carbocycles. The number of hydrogen-bond acceptors (Lipinski definition) is 3. The summed E-state index contributed by atoms with van der Waals surface area (Å²) in [7, 11) is 3.42. The molecular weight excluding hydrogens is 328 g/mol. The maximum absolute atomic E-state index is 12.6. The van der Waals surface area contributed by atoms with Crippen LogP contribution < -0.4 is 5.32 Å². The molecule has 2 amide bonds. The van der Waals surface area contributed by atoms with E-state index in [1.807, 2.05) is 36.4 Å². The predicted molar refractivity (Wildman–Crippen MR) is 99.8 cm³/mol. The summed E-state index contributed by atoms with van der Waals surface area (Å²) < 4.78 is 1.49. The monoisotopic (exact) mass is 348 g/mol. The molecule has 0 atom stereocenters. The summed E-state index contributed by atoms with van der Waals surface area (Å²) in [5.41, 5.74) is 1.87. The van der Waals surface area contributed by atoms with Gasteiger partial charge in [0.15, 0.2) is 5.69 Å². The maximum Gasteiger partial charge on any atom is 0.274 e. The molecule has 0 unspecified atom stereocenters. The smallest absolute Gasteiger partial charge is 0.274 e. The normalized spacial score (nSPS) is 10.4. The van der Waals surface area contributed by atoms with E-state index in [-0.39, 0.29) is 17.5 Å². The van der Waals surface area contributed by atoms with E-state index in [9.17, 15) is 9.59 Å². The maximum atomic E-state index is 12.6. The summed E-state index contributed by atoms with van der Waals surface area (Å²) in [6.07, 6.45) is 0. The predicted octanol–water partition coefficient (Wildman–Crippen LogP) is 2.94. The first kappa shape index (κ1) is 17.4. The first-order valence-corrected chi connectivity index (χ1v) is 8.24. The molecule has 26 heavy (non-hydrogen) atoms. The minimum absolute atomic E-state index is 0.204. The topological polar surface area (TPSA) is 67.2 Å². The first-order valence-electron chi connectivity index (χ1n) is 8.24. The third kappa shape index (κ3) is 3.97. The Morgan fingerprint density at radius 1 is 1.04 bits per heavy atom. The van der Waals surface area contributed by atoms with E-state index in [2.05, 4.69) is 10.4 Å². The van der Waals surface area contributed by atoms with Crippen LogP contribution in [0.1, 0.15) is 26.4 Å². The number of aromatic nitrogens is 2. The van der Waals surface area contributed by atoms with Gasteiger partial charge in [-0.25, -0.2) is 0 Å². The van der Waals surface area contributed by atoms with Crippen molar-refractivity contribution in [3.8, 4) is 0 Å². The van der Waals surface area contributed by atoms with E-state index in [0.717, 1.165) is 5.56 Å². The molecule has 0 aliphatic rings. The minimum atomic E-state index is -0.245. The Morgan fingerprint density at radius 2 is 1.65 bits per heavy atom. The lowest BCUT2D eigenvalue weighted by Gasteiger charge is -2.15. The lowest BCUT2D eigenvalue weighted by atomic mass is 10.2. The second-order valence-electron chi connectivity index (χ2n) is 6.01. The third-order valence-corrected chi connectivity index (χ3v) is 3.99. The highest BCUT2D eigenvalue weighted by atomic mass is 16.2. The van der Waals surface area contributed by atoms with Crippen LogP contribution in [0.2, 0.25) is 0 Å². The van der Waals surface area contributed by atoms with Crippen molar-refractivity contribution in [2.45, 2.75) is 6.54 Å². The van der Waals surface area contributed by atoms with Gasteiger partial charge < -0.3 is 10.2 Å². The van der Waals surface area contributed by atoms with Gasteiger partial charge >= 0.3 is 0 Å². The van der Waals surface area contributed by atoms with Crippen molar-refractivity contribution < 1.29 is 9.59 Å². The van der Waals surface area contributed by atoms with Gasteiger partial charge in [-0.15, -0.1) is 0 Å². The number of aryl methyl sites for hydroxylation is 1. The number of carbonyl (C=O) groups excluding carboxylic acids is 2. The van der Waals surface area contributed by atoms with Crippen molar-refractivity contribution in [1.29, 1.82) is 0 Å². The van der Waals surface area contributed by atoms with Gasteiger partial charge in [-0.1, -0.05) is 48.5 Å². The van der Waals surface area contributed by atoms with Gasteiger partial charge in [-0.3, -0.25) is 14.3 Å². The molecule has 132 valence electrons. The Balaban J connectivity index is 1.71. The summed E-state index contributed by atoms with van der Waals surface area (Å²) in [5.74, 6) is 0.0187. The molecule has 0 aliphatic heterocycles. The van der Waals surface area contributed by atoms with E-state index in [1.165, 1.54) is 4.68 Å². The summed E-state index contributed by atoms with van der Waals surface area (Å²) in [5, 5.41) is 7.01. The van der Waals surface area contributed by atoms with Crippen LogP contribution in [-0.4, -0.2) is 33.5 Å². The Hall–Kier alpha value is -3.41. The molecule has 0 bridgehead atoms. The lowest BCUT2D eigenvalue weighted by Crippen LogP contribution is -2.26. The number of carbonyl (C=O) groups is 2.